The second kappa shape index (κ2) is 13.3. The molecule has 2 N–H and O–H groups in total. The Labute approximate surface area is 304 Å². The number of carbonyl (C=O) groups is 2. The van der Waals surface area contributed by atoms with Gasteiger partial charge in [-0.05, 0) is 94.3 Å². The van der Waals surface area contributed by atoms with Crippen molar-refractivity contribution in [3.8, 4) is 23.1 Å². The summed E-state index contributed by atoms with van der Waals surface area (Å²) in [6.07, 6.45) is 6.28. The molecule has 0 spiro atoms. The number of likely N-dealkylation sites (tertiary alicyclic amines) is 1. The van der Waals surface area contributed by atoms with E-state index in [1.807, 2.05) is 33.9 Å². The fourth-order valence-corrected chi connectivity index (χ4v) is 8.18. The molecule has 2 saturated heterocycles. The fourth-order valence-electron chi connectivity index (χ4n) is 8.18. The summed E-state index contributed by atoms with van der Waals surface area (Å²) in [6, 6.07) is 6.77. The Morgan fingerprint density at radius 3 is 2.69 bits per heavy atom. The third kappa shape index (κ3) is 6.32. The van der Waals surface area contributed by atoms with Crippen LogP contribution in [0, 0.1) is 29.5 Å². The van der Waals surface area contributed by atoms with Crippen molar-refractivity contribution in [1.29, 1.82) is 5.26 Å². The largest absolute Gasteiger partial charge is 0.485 e. The van der Waals surface area contributed by atoms with Gasteiger partial charge in [0.25, 0.3) is 11.8 Å². The number of halogens is 1. The van der Waals surface area contributed by atoms with Crippen molar-refractivity contribution in [3.05, 3.63) is 64.5 Å². The molecule has 2 aromatic heterocycles. The Morgan fingerprint density at radius 2 is 1.98 bits per heavy atom. The molecule has 1 aromatic carbocycles. The number of likely N-dealkylation sites (N-methyl/N-ethyl adjacent to an activating group) is 1. The van der Waals surface area contributed by atoms with Gasteiger partial charge in [-0.1, -0.05) is 13.8 Å². The fraction of sp³-hybridized carbons (Fsp3) is 0.513. The van der Waals surface area contributed by atoms with E-state index in [0.29, 0.717) is 61.8 Å². The number of rotatable bonds is 9. The van der Waals surface area contributed by atoms with E-state index in [1.54, 1.807) is 15.9 Å². The number of nitrogens with zero attached hydrogens (tertiary/aromatic N) is 7. The van der Waals surface area contributed by atoms with Crippen LogP contribution in [0.1, 0.15) is 67.8 Å². The second-order valence-electron chi connectivity index (χ2n) is 15.9. The lowest BCUT2D eigenvalue weighted by molar-refractivity contribution is -0.128. The zero-order valence-electron chi connectivity index (χ0n) is 30.8. The molecular weight excluding hydrogens is 663 g/mol. The topological polar surface area (TPSA) is 143 Å². The summed E-state index contributed by atoms with van der Waals surface area (Å²) >= 11 is 0. The monoisotopic (exact) mass is 710 g/mol. The SMILES string of the molecule is Cc1c(-c2ncnc(N)c2OC[C@@H]2CCCN2C(=O)/C(C#N)=C/C(C)(C)N(C)C2COC2)cc(F)cc1N1CCn2c(cc3c2CC(C)(C)C3)C1=O. The first-order valence-electron chi connectivity index (χ1n) is 18.0. The van der Waals surface area contributed by atoms with E-state index in [-0.39, 0.29) is 58.8 Å². The minimum Gasteiger partial charge on any atom is -0.485 e. The van der Waals surface area contributed by atoms with Gasteiger partial charge in [-0.15, -0.1) is 0 Å². The Bertz CT molecular complexity index is 2010. The van der Waals surface area contributed by atoms with Gasteiger partial charge < -0.3 is 29.6 Å². The van der Waals surface area contributed by atoms with Gasteiger partial charge in [-0.25, -0.2) is 14.4 Å². The first-order chi connectivity index (χ1) is 24.7. The van der Waals surface area contributed by atoms with Crippen LogP contribution in [0.4, 0.5) is 15.9 Å². The first-order valence-corrected chi connectivity index (χ1v) is 18.0. The molecule has 12 nitrogen and oxygen atoms in total. The predicted octanol–water partition coefficient (Wildman–Crippen LogP) is 4.69. The van der Waals surface area contributed by atoms with Gasteiger partial charge in [0, 0.05) is 36.4 Å². The molecule has 3 aliphatic heterocycles. The van der Waals surface area contributed by atoms with E-state index < -0.39 is 11.4 Å². The van der Waals surface area contributed by atoms with Crippen molar-refractivity contribution < 1.29 is 23.5 Å². The minimum atomic E-state index is -0.548. The van der Waals surface area contributed by atoms with Crippen molar-refractivity contribution in [2.24, 2.45) is 5.41 Å². The van der Waals surface area contributed by atoms with Crippen molar-refractivity contribution in [2.45, 2.75) is 84.5 Å². The average molecular weight is 711 g/mol. The van der Waals surface area contributed by atoms with Crippen LogP contribution < -0.4 is 15.4 Å². The molecule has 52 heavy (non-hydrogen) atoms. The summed E-state index contributed by atoms with van der Waals surface area (Å²) in [5.41, 5.74) is 10.9. The number of fused-ring (bicyclic) bond motifs is 3. The summed E-state index contributed by atoms with van der Waals surface area (Å²) in [5, 5.41) is 10.1. The minimum absolute atomic E-state index is 0.0674. The van der Waals surface area contributed by atoms with Crippen LogP contribution >= 0.6 is 0 Å². The lowest BCUT2D eigenvalue weighted by Crippen LogP contribution is -2.55. The van der Waals surface area contributed by atoms with Crippen LogP contribution in [0.2, 0.25) is 0 Å². The summed E-state index contributed by atoms with van der Waals surface area (Å²) in [5.74, 6) is -0.813. The highest BCUT2D eigenvalue weighted by Gasteiger charge is 2.39. The van der Waals surface area contributed by atoms with E-state index in [9.17, 15) is 14.9 Å². The number of hydrogen-bond acceptors (Lipinski definition) is 9. The van der Waals surface area contributed by atoms with E-state index in [2.05, 4.69) is 39.4 Å². The van der Waals surface area contributed by atoms with Gasteiger partial charge in [-0.3, -0.25) is 14.5 Å². The van der Waals surface area contributed by atoms with Crippen molar-refractivity contribution in [1.82, 2.24) is 24.3 Å². The van der Waals surface area contributed by atoms with Crippen molar-refractivity contribution in [3.63, 3.8) is 0 Å². The zero-order valence-corrected chi connectivity index (χ0v) is 30.8. The summed E-state index contributed by atoms with van der Waals surface area (Å²) in [6.45, 7) is 13.1. The van der Waals surface area contributed by atoms with Gasteiger partial charge in [0.1, 0.15) is 41.8 Å². The predicted molar refractivity (Wildman–Crippen MR) is 194 cm³/mol. The molecule has 274 valence electrons. The number of benzene rings is 1. The number of hydrogen-bond donors (Lipinski definition) is 1. The highest BCUT2D eigenvalue weighted by molar-refractivity contribution is 6.07. The van der Waals surface area contributed by atoms with E-state index >= 15 is 4.39 Å². The molecule has 0 saturated carbocycles. The third-order valence-corrected chi connectivity index (χ3v) is 11.3. The molecule has 13 heteroatoms. The zero-order chi connectivity index (χ0) is 37.1. The molecule has 4 aliphatic rings. The van der Waals surface area contributed by atoms with Gasteiger partial charge in [-0.2, -0.15) is 5.26 Å². The molecule has 7 rings (SSSR count). The maximum atomic E-state index is 15.5. The third-order valence-electron chi connectivity index (χ3n) is 11.3. The van der Waals surface area contributed by atoms with Gasteiger partial charge in [0.15, 0.2) is 11.6 Å². The Balaban J connectivity index is 1.12. The lowest BCUT2D eigenvalue weighted by atomic mass is 9.90. The summed E-state index contributed by atoms with van der Waals surface area (Å²) < 4.78 is 29.3. The smallest absolute Gasteiger partial charge is 0.274 e. The number of nitriles is 1. The molecule has 0 unspecified atom stereocenters. The Hall–Kier alpha value is -4.80. The maximum Gasteiger partial charge on any atom is 0.274 e. The van der Waals surface area contributed by atoms with E-state index in [1.165, 1.54) is 29.7 Å². The molecule has 0 bridgehead atoms. The highest BCUT2D eigenvalue weighted by atomic mass is 19.1. The number of carbonyl (C=O) groups excluding carboxylic acids is 2. The molecule has 1 atom stereocenters. The molecule has 3 aromatic rings. The highest BCUT2D eigenvalue weighted by Crippen LogP contribution is 2.42. The average Bonchev–Trinajstić information content (AvgIpc) is 3.75. The van der Waals surface area contributed by atoms with Crippen LogP contribution in [-0.4, -0.2) is 93.7 Å². The van der Waals surface area contributed by atoms with Crippen LogP contribution in [0.5, 0.6) is 5.75 Å². The molecular formula is C39H47FN8O4. The number of ether oxygens (including phenoxy) is 2. The normalized spacial score (nSPS) is 20.2. The molecule has 1 aliphatic carbocycles. The molecule has 2 fully saturated rings. The quantitative estimate of drug-likeness (QED) is 0.247. The first kappa shape index (κ1) is 35.6. The maximum absolute atomic E-state index is 15.5. The Kier molecular flexibility index (Phi) is 9.11. The van der Waals surface area contributed by atoms with Crippen LogP contribution in [0.15, 0.2) is 36.2 Å². The Morgan fingerprint density at radius 1 is 1.21 bits per heavy atom. The molecule has 2 amide bonds. The van der Waals surface area contributed by atoms with Crippen molar-refractivity contribution in [2.75, 3.05) is 50.6 Å². The number of nitrogens with two attached hydrogens (primary N) is 1. The van der Waals surface area contributed by atoms with Crippen LogP contribution in [0.3, 0.4) is 0 Å². The van der Waals surface area contributed by atoms with Gasteiger partial charge >= 0.3 is 0 Å². The van der Waals surface area contributed by atoms with Crippen LogP contribution in [-0.2, 0) is 28.9 Å². The van der Waals surface area contributed by atoms with Gasteiger partial charge in [0.2, 0.25) is 0 Å². The number of amides is 2. The molecule has 5 heterocycles. The lowest BCUT2D eigenvalue weighted by Gasteiger charge is -2.43. The van der Waals surface area contributed by atoms with Crippen molar-refractivity contribution >= 4 is 23.3 Å². The number of anilines is 2. The van der Waals surface area contributed by atoms with Crippen LogP contribution in [0.25, 0.3) is 11.3 Å². The summed E-state index contributed by atoms with van der Waals surface area (Å²) in [4.78, 5) is 41.8. The van der Waals surface area contributed by atoms with Gasteiger partial charge in [0.05, 0.1) is 31.0 Å². The van der Waals surface area contributed by atoms with E-state index in [0.717, 1.165) is 19.3 Å². The number of aromatic nitrogens is 3. The second-order valence-corrected chi connectivity index (χ2v) is 15.9. The standard InChI is InChI=1S/C39H47FN8O4/c1-23-29(13-26(40)14-30(23)48-11-10-47-31(37(48)50)12-24-15-38(2,3)17-32(24)47)33-34(35(42)44-22-43-33)52-21-27-8-7-9-46(27)36(49)25(18-41)16-39(4,5)45(6)28-19-51-20-28/h12-14,16,22,27-28H,7-11,15,17,19-21H2,1-6H3,(H2,42,43,44)/b25-16+/t27-/m0/s1. The molecule has 0 radical (unpaired) electrons. The van der Waals surface area contributed by atoms with E-state index in [4.69, 9.17) is 15.2 Å². The summed E-state index contributed by atoms with van der Waals surface area (Å²) in [7, 11) is 1.97. The number of nitrogen functional groups attached to an aromatic ring is 1.